The number of piperidine rings is 2. The van der Waals surface area contributed by atoms with Gasteiger partial charge in [0.15, 0.2) is 5.69 Å². The van der Waals surface area contributed by atoms with Crippen LogP contribution in [0.5, 0.6) is 0 Å². The van der Waals surface area contributed by atoms with E-state index >= 15 is 4.39 Å². The summed E-state index contributed by atoms with van der Waals surface area (Å²) in [5.74, 6) is -1.45. The second kappa shape index (κ2) is 19.4. The van der Waals surface area contributed by atoms with Crippen LogP contribution in [0, 0.1) is 17.2 Å². The average Bonchev–Trinajstić information content (AvgIpc) is 3.58. The van der Waals surface area contributed by atoms with Gasteiger partial charge in [0.2, 0.25) is 5.95 Å². The van der Waals surface area contributed by atoms with Crippen molar-refractivity contribution in [3.63, 3.8) is 0 Å². The highest BCUT2D eigenvalue weighted by Crippen LogP contribution is 2.43. The van der Waals surface area contributed by atoms with Gasteiger partial charge in [0.25, 0.3) is 5.91 Å². The van der Waals surface area contributed by atoms with Crippen LogP contribution in [-0.4, -0.2) is 115 Å². The van der Waals surface area contributed by atoms with Gasteiger partial charge in [-0.1, -0.05) is 23.9 Å². The number of anilines is 3. The summed E-state index contributed by atoms with van der Waals surface area (Å²) in [6, 6.07) is 15.3. The molecule has 14 nitrogen and oxygen atoms in total. The number of alkyl carbamates (subject to hydrolysis) is 1. The number of rotatable bonds is 10. The standard InChI is InChI=1S/C48H56F2N8O6S/c1-30-42(55-46(61)64-47(2,3)4)48(29-63-30)17-23-58(24-18-48)40-27-52-41(28-51-40)65-35-8-6-7-33(26-35)53-44(59)32-9-12-39(37(49)25-32)57-21-15-34(16-22-57)56-19-13-31(14-20-56)36-10-11-38(45(60)62-5)54-43(36)50/h6-13,25-28,30,34,42H,14-24,29H2,1-5H3,(H,53,59)(H,55,61)/t30-,42+/m0/s1. The van der Waals surface area contributed by atoms with Crippen molar-refractivity contribution in [1.82, 2.24) is 25.2 Å². The zero-order valence-electron chi connectivity index (χ0n) is 37.4. The fraction of sp³-hybridized carbons (Fsp3) is 0.458. The predicted molar refractivity (Wildman–Crippen MR) is 244 cm³/mol. The summed E-state index contributed by atoms with van der Waals surface area (Å²) in [7, 11) is 1.23. The first-order valence-electron chi connectivity index (χ1n) is 22.2. The third-order valence-corrected chi connectivity index (χ3v) is 13.7. The highest BCUT2D eigenvalue weighted by atomic mass is 32.2. The van der Waals surface area contributed by atoms with Crippen molar-refractivity contribution in [1.29, 1.82) is 0 Å². The number of ether oxygens (including phenoxy) is 3. The Kier molecular flexibility index (Phi) is 13.7. The van der Waals surface area contributed by atoms with Gasteiger partial charge in [0.05, 0.1) is 43.9 Å². The summed E-state index contributed by atoms with van der Waals surface area (Å²) in [4.78, 5) is 58.4. The Balaban J connectivity index is 0.801. The Morgan fingerprint density at radius 3 is 2.38 bits per heavy atom. The van der Waals surface area contributed by atoms with E-state index in [-0.39, 0.29) is 28.8 Å². The summed E-state index contributed by atoms with van der Waals surface area (Å²) in [6.45, 7) is 12.4. The van der Waals surface area contributed by atoms with E-state index in [4.69, 9.17) is 14.5 Å². The molecule has 0 radical (unpaired) electrons. The number of pyridine rings is 1. The maximum atomic E-state index is 15.6. The van der Waals surface area contributed by atoms with Crippen molar-refractivity contribution >= 4 is 52.5 Å². The topological polar surface area (TPSA) is 151 Å². The Bertz CT molecular complexity index is 2420. The number of esters is 1. The fourth-order valence-electron chi connectivity index (χ4n) is 9.34. The highest BCUT2D eigenvalue weighted by molar-refractivity contribution is 7.99. The molecular formula is C48H56F2N8O6S. The van der Waals surface area contributed by atoms with Crippen LogP contribution in [0.3, 0.4) is 0 Å². The monoisotopic (exact) mass is 910 g/mol. The molecule has 0 saturated carbocycles. The number of hydrogen-bond acceptors (Lipinski definition) is 13. The summed E-state index contributed by atoms with van der Waals surface area (Å²) in [5.41, 5.74) is 1.69. The normalized spacial score (nSPS) is 20.3. The number of halogens is 2. The number of benzene rings is 2. The lowest BCUT2D eigenvalue weighted by Crippen LogP contribution is -2.55. The first-order valence-corrected chi connectivity index (χ1v) is 23.0. The van der Waals surface area contributed by atoms with Gasteiger partial charge in [-0.05, 0) is 114 Å². The van der Waals surface area contributed by atoms with Crippen LogP contribution in [0.1, 0.15) is 86.2 Å². The van der Waals surface area contributed by atoms with Gasteiger partial charge in [-0.15, -0.1) is 0 Å². The van der Waals surface area contributed by atoms with E-state index in [0.717, 1.165) is 61.6 Å². The molecule has 2 N–H and O–H groups in total. The minimum absolute atomic E-state index is 0.0639. The molecule has 4 aromatic rings. The molecule has 65 heavy (non-hydrogen) atoms. The smallest absolute Gasteiger partial charge is 0.407 e. The van der Waals surface area contributed by atoms with Gasteiger partial charge in [0, 0.05) is 72.4 Å². The molecule has 3 saturated heterocycles. The lowest BCUT2D eigenvalue weighted by molar-refractivity contribution is 0.0433. The van der Waals surface area contributed by atoms with Crippen LogP contribution >= 0.6 is 11.8 Å². The van der Waals surface area contributed by atoms with E-state index in [0.29, 0.717) is 60.7 Å². The molecule has 2 amide bonds. The SMILES string of the molecule is COC(=O)c1ccc(C2=CCN(C3CCN(c4ccc(C(=O)Nc5cccc(Sc6cnc(N7CCC8(CC7)CO[C@@H](C)[C@H]8NC(=O)OC(C)(C)C)cn6)c5)cc4F)CC3)CC2)c(F)n1. The summed E-state index contributed by atoms with van der Waals surface area (Å²) in [5, 5.41) is 6.70. The van der Waals surface area contributed by atoms with Crippen molar-refractivity contribution in [3.05, 3.63) is 102 Å². The number of aromatic nitrogens is 3. The molecule has 1 spiro atoms. The van der Waals surface area contributed by atoms with Gasteiger partial charge < -0.3 is 34.6 Å². The molecule has 8 rings (SSSR count). The van der Waals surface area contributed by atoms with Crippen LogP contribution in [0.2, 0.25) is 0 Å². The fourth-order valence-corrected chi connectivity index (χ4v) is 10.1. The van der Waals surface area contributed by atoms with E-state index in [2.05, 4.69) is 35.1 Å². The van der Waals surface area contributed by atoms with E-state index in [1.165, 1.54) is 31.0 Å². The number of carbonyl (C=O) groups excluding carboxylic acids is 3. The number of methoxy groups -OCH3 is 1. The van der Waals surface area contributed by atoms with Gasteiger partial charge in [-0.3, -0.25) is 9.69 Å². The Labute approximate surface area is 382 Å². The third-order valence-electron chi connectivity index (χ3n) is 12.8. The van der Waals surface area contributed by atoms with Crippen LogP contribution in [0.25, 0.3) is 5.57 Å². The van der Waals surface area contributed by atoms with Crippen molar-refractivity contribution in [3.8, 4) is 0 Å². The highest BCUT2D eigenvalue weighted by Gasteiger charge is 2.50. The van der Waals surface area contributed by atoms with Crippen LogP contribution in [-0.2, 0) is 14.2 Å². The third kappa shape index (κ3) is 10.7. The molecule has 0 bridgehead atoms. The lowest BCUT2D eigenvalue weighted by Gasteiger charge is -2.42. The van der Waals surface area contributed by atoms with E-state index < -0.39 is 35.3 Å². The molecule has 4 aliphatic heterocycles. The number of nitrogens with zero attached hydrogens (tertiary/aromatic N) is 6. The molecule has 344 valence electrons. The second-order valence-corrected chi connectivity index (χ2v) is 19.3. The van der Waals surface area contributed by atoms with Crippen LogP contribution in [0.4, 0.5) is 30.8 Å². The minimum Gasteiger partial charge on any atom is -0.464 e. The number of nitrogens with one attached hydrogen (secondary N) is 2. The molecule has 2 aromatic carbocycles. The van der Waals surface area contributed by atoms with Crippen molar-refractivity contribution in [2.45, 2.75) is 93.5 Å². The van der Waals surface area contributed by atoms with Crippen LogP contribution < -0.4 is 20.4 Å². The molecule has 0 aliphatic carbocycles. The summed E-state index contributed by atoms with van der Waals surface area (Å²) in [6.07, 6.45) is 8.99. The largest absolute Gasteiger partial charge is 0.464 e. The maximum absolute atomic E-state index is 15.6. The number of carbonyl (C=O) groups is 3. The average molecular weight is 911 g/mol. The first-order chi connectivity index (χ1) is 31.2. The van der Waals surface area contributed by atoms with E-state index in [9.17, 15) is 18.8 Å². The molecule has 3 fully saturated rings. The zero-order valence-corrected chi connectivity index (χ0v) is 38.3. The Hall–Kier alpha value is -5.65. The molecule has 17 heteroatoms. The zero-order chi connectivity index (χ0) is 45.9. The molecule has 2 atom stereocenters. The van der Waals surface area contributed by atoms with Gasteiger partial charge >= 0.3 is 12.1 Å². The second-order valence-electron chi connectivity index (χ2n) is 18.2. The quantitative estimate of drug-likeness (QED) is 0.117. The van der Waals surface area contributed by atoms with Gasteiger partial charge in [0.1, 0.15) is 22.3 Å². The van der Waals surface area contributed by atoms with E-state index in [1.807, 2.05) is 56.9 Å². The maximum Gasteiger partial charge on any atom is 0.407 e. The lowest BCUT2D eigenvalue weighted by atomic mass is 9.73. The van der Waals surface area contributed by atoms with Gasteiger partial charge in [-0.2, -0.15) is 4.39 Å². The first kappa shape index (κ1) is 45.9. The minimum atomic E-state index is -0.685. The summed E-state index contributed by atoms with van der Waals surface area (Å²) < 4.78 is 46.6. The van der Waals surface area contributed by atoms with E-state index in [1.54, 1.807) is 36.7 Å². The molecule has 6 heterocycles. The molecule has 4 aliphatic rings. The van der Waals surface area contributed by atoms with Gasteiger partial charge in [-0.25, -0.2) is 28.9 Å². The molecule has 0 unspecified atom stereocenters. The molecular weight excluding hydrogens is 855 g/mol. The summed E-state index contributed by atoms with van der Waals surface area (Å²) >= 11 is 1.42. The number of hydrogen-bond donors (Lipinski definition) is 2. The predicted octanol–water partition coefficient (Wildman–Crippen LogP) is 8.00. The Morgan fingerprint density at radius 1 is 0.938 bits per heavy atom. The Morgan fingerprint density at radius 2 is 1.72 bits per heavy atom. The van der Waals surface area contributed by atoms with Crippen molar-refractivity contribution in [2.24, 2.45) is 5.41 Å². The van der Waals surface area contributed by atoms with Crippen molar-refractivity contribution in [2.75, 3.05) is 68.1 Å². The van der Waals surface area contributed by atoms with Crippen molar-refractivity contribution < 1.29 is 37.4 Å². The molecule has 2 aromatic heterocycles. The number of amides is 2. The van der Waals surface area contributed by atoms with Crippen LogP contribution in [0.15, 0.2) is 83.0 Å².